The summed E-state index contributed by atoms with van der Waals surface area (Å²) in [6.45, 7) is 8.61. The number of aromatic nitrogens is 3. The molecule has 0 amide bonds. The van der Waals surface area contributed by atoms with Crippen molar-refractivity contribution in [3.63, 3.8) is 0 Å². The molecule has 4 nitrogen and oxygen atoms in total. The fourth-order valence-electron chi connectivity index (χ4n) is 1.81. The van der Waals surface area contributed by atoms with Crippen molar-refractivity contribution in [3.05, 3.63) is 17.4 Å². The number of hydrogen-bond acceptors (Lipinski definition) is 3. The molecule has 2 N–H and O–H groups in total. The quantitative estimate of drug-likeness (QED) is 0.847. The summed E-state index contributed by atoms with van der Waals surface area (Å²) in [5.74, 6) is 0.484. The van der Waals surface area contributed by atoms with Gasteiger partial charge in [-0.3, -0.25) is 4.98 Å². The highest BCUT2D eigenvalue weighted by atomic mass is 35.5. The number of nitrogens with two attached hydrogens (primary N) is 1. The third-order valence-corrected chi connectivity index (χ3v) is 3.49. The molecule has 5 heteroatoms. The molecule has 0 aliphatic carbocycles. The molecule has 0 bridgehead atoms. The predicted octanol–water partition coefficient (Wildman–Crippen LogP) is 3.27. The van der Waals surface area contributed by atoms with Crippen LogP contribution in [0.15, 0.2) is 12.4 Å². The molecular weight excluding hydrogens is 236 g/mol. The van der Waals surface area contributed by atoms with Gasteiger partial charge in [-0.25, -0.2) is 4.98 Å². The van der Waals surface area contributed by atoms with Crippen LogP contribution in [0.25, 0.3) is 11.0 Å². The lowest BCUT2D eigenvalue weighted by atomic mass is 9.88. The zero-order valence-electron chi connectivity index (χ0n) is 10.5. The summed E-state index contributed by atoms with van der Waals surface area (Å²) < 4.78 is 1.99. The lowest BCUT2D eigenvalue weighted by Crippen LogP contribution is -2.22. The Balaban J connectivity index is 2.73. The second-order valence-electron chi connectivity index (χ2n) is 5.37. The highest BCUT2D eigenvalue weighted by Crippen LogP contribution is 2.36. The van der Waals surface area contributed by atoms with E-state index in [1.807, 2.05) is 4.57 Å². The Morgan fingerprint density at radius 1 is 1.35 bits per heavy atom. The molecule has 17 heavy (non-hydrogen) atoms. The predicted molar refractivity (Wildman–Crippen MR) is 71.1 cm³/mol. The van der Waals surface area contributed by atoms with Crippen molar-refractivity contribution in [2.75, 3.05) is 5.73 Å². The van der Waals surface area contributed by atoms with Crippen LogP contribution >= 0.6 is 11.6 Å². The Morgan fingerprint density at radius 3 is 2.59 bits per heavy atom. The molecule has 0 aliphatic heterocycles. The van der Waals surface area contributed by atoms with Gasteiger partial charge < -0.3 is 10.3 Å². The van der Waals surface area contributed by atoms with Crippen molar-refractivity contribution >= 4 is 28.6 Å². The highest BCUT2D eigenvalue weighted by Gasteiger charge is 2.26. The molecule has 0 aromatic carbocycles. The molecule has 0 aliphatic rings. The van der Waals surface area contributed by atoms with Gasteiger partial charge in [-0.05, 0) is 12.3 Å². The first-order valence-corrected chi connectivity index (χ1v) is 5.97. The van der Waals surface area contributed by atoms with Crippen LogP contribution in [0.4, 0.5) is 5.95 Å². The van der Waals surface area contributed by atoms with E-state index < -0.39 is 0 Å². The highest BCUT2D eigenvalue weighted by molar-refractivity contribution is 6.34. The Hall–Kier alpha value is -1.29. The van der Waals surface area contributed by atoms with Crippen LogP contribution in [0.5, 0.6) is 0 Å². The molecule has 2 aromatic rings. The number of halogens is 1. The summed E-state index contributed by atoms with van der Waals surface area (Å²) >= 11 is 6.19. The van der Waals surface area contributed by atoms with E-state index in [-0.39, 0.29) is 11.5 Å². The molecule has 0 saturated carbocycles. The zero-order chi connectivity index (χ0) is 12.8. The maximum absolute atomic E-state index is 6.19. The number of nitrogen functional groups attached to an aromatic ring is 1. The van der Waals surface area contributed by atoms with Gasteiger partial charge in [0.15, 0.2) is 0 Å². The molecule has 0 radical (unpaired) electrons. The van der Waals surface area contributed by atoms with Gasteiger partial charge in [-0.1, -0.05) is 32.4 Å². The number of nitrogens with zero attached hydrogens (tertiary/aromatic N) is 3. The van der Waals surface area contributed by atoms with Gasteiger partial charge >= 0.3 is 0 Å². The van der Waals surface area contributed by atoms with Crippen molar-refractivity contribution in [1.29, 1.82) is 0 Å². The maximum atomic E-state index is 6.19. The number of pyridine rings is 1. The molecular formula is C12H17ClN4. The number of fused-ring (bicyclic) bond motifs is 1. The lowest BCUT2D eigenvalue weighted by molar-refractivity contribution is 0.270. The molecule has 2 aromatic heterocycles. The van der Waals surface area contributed by atoms with Gasteiger partial charge in [-0.2, -0.15) is 0 Å². The standard InChI is InChI=1S/C12H17ClN4/c1-7(12(2,3)4)17-10-8(13)5-15-6-9(10)16-11(17)14/h5-7H,1-4H3,(H2,14,16). The van der Waals surface area contributed by atoms with E-state index >= 15 is 0 Å². The summed E-state index contributed by atoms with van der Waals surface area (Å²) in [5, 5.41) is 0.586. The van der Waals surface area contributed by atoms with E-state index in [1.54, 1.807) is 12.4 Å². The summed E-state index contributed by atoms with van der Waals surface area (Å²) in [5.41, 5.74) is 7.67. The largest absolute Gasteiger partial charge is 0.369 e. The van der Waals surface area contributed by atoms with Crippen LogP contribution in [-0.2, 0) is 0 Å². The first-order valence-electron chi connectivity index (χ1n) is 5.59. The van der Waals surface area contributed by atoms with Gasteiger partial charge in [0.05, 0.1) is 16.7 Å². The zero-order valence-corrected chi connectivity index (χ0v) is 11.3. The molecule has 1 atom stereocenters. The Morgan fingerprint density at radius 2 is 2.00 bits per heavy atom. The SMILES string of the molecule is CC(n1c(N)nc2cncc(Cl)c21)C(C)(C)C. The van der Waals surface area contributed by atoms with E-state index in [0.717, 1.165) is 11.0 Å². The Kier molecular flexibility index (Phi) is 2.78. The molecule has 2 rings (SSSR count). The van der Waals surface area contributed by atoms with Crippen LogP contribution in [-0.4, -0.2) is 14.5 Å². The fraction of sp³-hybridized carbons (Fsp3) is 0.500. The van der Waals surface area contributed by atoms with Crippen LogP contribution in [0.3, 0.4) is 0 Å². The number of hydrogen-bond donors (Lipinski definition) is 1. The van der Waals surface area contributed by atoms with Gasteiger partial charge in [-0.15, -0.1) is 0 Å². The Bertz CT molecular complexity index is 553. The minimum Gasteiger partial charge on any atom is -0.369 e. The summed E-state index contributed by atoms with van der Waals surface area (Å²) in [7, 11) is 0. The third kappa shape index (κ3) is 1.97. The second-order valence-corrected chi connectivity index (χ2v) is 5.78. The summed E-state index contributed by atoms with van der Waals surface area (Å²) in [4.78, 5) is 8.33. The van der Waals surface area contributed by atoms with Crippen molar-refractivity contribution < 1.29 is 0 Å². The van der Waals surface area contributed by atoms with E-state index in [1.165, 1.54) is 0 Å². The first-order chi connectivity index (χ1) is 7.82. The van der Waals surface area contributed by atoms with E-state index in [0.29, 0.717) is 11.0 Å². The average molecular weight is 253 g/mol. The van der Waals surface area contributed by atoms with Gasteiger partial charge in [0.25, 0.3) is 0 Å². The molecule has 0 saturated heterocycles. The van der Waals surface area contributed by atoms with Crippen LogP contribution in [0.2, 0.25) is 5.02 Å². The third-order valence-electron chi connectivity index (χ3n) is 3.22. The van der Waals surface area contributed by atoms with Gasteiger partial charge in [0, 0.05) is 12.2 Å². The monoisotopic (exact) mass is 252 g/mol. The average Bonchev–Trinajstić information content (AvgIpc) is 2.53. The van der Waals surface area contributed by atoms with Crippen LogP contribution in [0.1, 0.15) is 33.7 Å². The fourth-order valence-corrected chi connectivity index (χ4v) is 2.05. The topological polar surface area (TPSA) is 56.7 Å². The normalized spacial score (nSPS) is 14.2. The minimum absolute atomic E-state index is 0.0777. The number of imidazole rings is 1. The van der Waals surface area contributed by atoms with Crippen LogP contribution < -0.4 is 5.73 Å². The summed E-state index contributed by atoms with van der Waals surface area (Å²) in [6.07, 6.45) is 3.31. The minimum atomic E-state index is 0.0777. The first kappa shape index (κ1) is 12.2. The van der Waals surface area contributed by atoms with Crippen molar-refractivity contribution in [2.45, 2.75) is 33.7 Å². The van der Waals surface area contributed by atoms with Gasteiger partial charge in [0.1, 0.15) is 5.52 Å². The van der Waals surface area contributed by atoms with Crippen molar-refractivity contribution in [1.82, 2.24) is 14.5 Å². The molecule has 0 spiro atoms. The number of rotatable bonds is 1. The van der Waals surface area contributed by atoms with Crippen molar-refractivity contribution in [2.24, 2.45) is 5.41 Å². The van der Waals surface area contributed by atoms with Crippen molar-refractivity contribution in [3.8, 4) is 0 Å². The van der Waals surface area contributed by atoms with E-state index in [2.05, 4.69) is 37.7 Å². The second kappa shape index (κ2) is 3.88. The van der Waals surface area contributed by atoms with E-state index in [9.17, 15) is 0 Å². The molecule has 1 unspecified atom stereocenters. The number of anilines is 1. The Labute approximate surface area is 106 Å². The maximum Gasteiger partial charge on any atom is 0.201 e. The lowest BCUT2D eigenvalue weighted by Gasteiger charge is -2.29. The molecule has 92 valence electrons. The summed E-state index contributed by atoms with van der Waals surface area (Å²) in [6, 6.07) is 0.201. The van der Waals surface area contributed by atoms with Gasteiger partial charge in [0.2, 0.25) is 5.95 Å². The smallest absolute Gasteiger partial charge is 0.201 e. The van der Waals surface area contributed by atoms with Crippen LogP contribution in [0, 0.1) is 5.41 Å². The molecule has 0 fully saturated rings. The van der Waals surface area contributed by atoms with E-state index in [4.69, 9.17) is 17.3 Å². The molecule has 2 heterocycles.